The highest BCUT2D eigenvalue weighted by molar-refractivity contribution is 6.03. The molecule has 3 heterocycles. The Morgan fingerprint density at radius 2 is 2.30 bits per heavy atom. The van der Waals surface area contributed by atoms with Gasteiger partial charge in [-0.25, -0.2) is 4.98 Å². The van der Waals surface area contributed by atoms with Crippen molar-refractivity contribution in [3.63, 3.8) is 0 Å². The molecule has 1 aliphatic heterocycles. The van der Waals surface area contributed by atoms with E-state index in [1.165, 1.54) is 0 Å². The van der Waals surface area contributed by atoms with Gasteiger partial charge in [0.05, 0.1) is 0 Å². The van der Waals surface area contributed by atoms with Crippen molar-refractivity contribution in [1.29, 1.82) is 0 Å². The maximum atomic E-state index is 12.2. The Hall–Kier alpha value is -1.92. The highest BCUT2D eigenvalue weighted by atomic mass is 35.5. The van der Waals surface area contributed by atoms with Gasteiger partial charge in [0.25, 0.3) is 5.91 Å². The number of aromatic nitrogens is 3. The van der Waals surface area contributed by atoms with Crippen LogP contribution >= 0.6 is 12.4 Å². The predicted molar refractivity (Wildman–Crippen MR) is 78.2 cm³/mol. The van der Waals surface area contributed by atoms with Gasteiger partial charge in [0, 0.05) is 37.0 Å². The second kappa shape index (κ2) is 6.02. The number of aryl methyl sites for hydroxylation is 1. The molecule has 106 valence electrons. The number of anilines is 1. The average Bonchev–Trinajstić information content (AvgIpc) is 2.82. The standard InChI is InChI=1S/C13H15N5O.ClH/c1-8-2-5-15-11(6-8)16-13(19)12-9-7-14-4-3-10(9)17-18-12;/h2,5-6,14H,3-4,7H2,1H3,(H,17,18)(H,15,16,19);1H. The van der Waals surface area contributed by atoms with Crippen molar-refractivity contribution in [2.45, 2.75) is 19.9 Å². The molecule has 0 atom stereocenters. The summed E-state index contributed by atoms with van der Waals surface area (Å²) in [7, 11) is 0. The number of aromatic amines is 1. The molecule has 1 amide bonds. The lowest BCUT2D eigenvalue weighted by molar-refractivity contribution is 0.102. The van der Waals surface area contributed by atoms with Gasteiger partial charge in [0.15, 0.2) is 5.69 Å². The number of carbonyl (C=O) groups excluding carboxylic acids is 1. The van der Waals surface area contributed by atoms with Crippen LogP contribution in [0.15, 0.2) is 18.3 Å². The van der Waals surface area contributed by atoms with Crippen LogP contribution in [0.3, 0.4) is 0 Å². The number of hydrogen-bond acceptors (Lipinski definition) is 4. The molecule has 0 fully saturated rings. The second-order valence-corrected chi connectivity index (χ2v) is 4.63. The minimum Gasteiger partial charge on any atom is -0.312 e. The van der Waals surface area contributed by atoms with Gasteiger partial charge in [0.2, 0.25) is 0 Å². The van der Waals surface area contributed by atoms with Crippen molar-refractivity contribution in [2.75, 3.05) is 11.9 Å². The van der Waals surface area contributed by atoms with Crippen LogP contribution in [0.2, 0.25) is 0 Å². The van der Waals surface area contributed by atoms with Gasteiger partial charge in [-0.1, -0.05) is 0 Å². The van der Waals surface area contributed by atoms with E-state index in [0.717, 1.165) is 29.8 Å². The number of carbonyl (C=O) groups is 1. The van der Waals surface area contributed by atoms with Crippen molar-refractivity contribution in [3.05, 3.63) is 40.8 Å². The molecule has 20 heavy (non-hydrogen) atoms. The van der Waals surface area contributed by atoms with Gasteiger partial charge in [0.1, 0.15) is 5.82 Å². The van der Waals surface area contributed by atoms with E-state index in [1.54, 1.807) is 6.20 Å². The van der Waals surface area contributed by atoms with E-state index in [2.05, 4.69) is 25.8 Å². The number of H-pyrrole nitrogens is 1. The molecular weight excluding hydrogens is 278 g/mol. The zero-order chi connectivity index (χ0) is 13.2. The van der Waals surface area contributed by atoms with Crippen molar-refractivity contribution < 1.29 is 4.79 Å². The Morgan fingerprint density at radius 3 is 3.10 bits per heavy atom. The van der Waals surface area contributed by atoms with Gasteiger partial charge >= 0.3 is 0 Å². The fourth-order valence-electron chi connectivity index (χ4n) is 2.19. The van der Waals surface area contributed by atoms with Gasteiger partial charge in [-0.2, -0.15) is 5.10 Å². The van der Waals surface area contributed by atoms with Gasteiger partial charge < -0.3 is 10.6 Å². The maximum absolute atomic E-state index is 12.2. The molecule has 0 spiro atoms. The fourth-order valence-corrected chi connectivity index (χ4v) is 2.19. The highest BCUT2D eigenvalue weighted by Gasteiger charge is 2.21. The minimum atomic E-state index is -0.223. The third-order valence-corrected chi connectivity index (χ3v) is 3.18. The lowest BCUT2D eigenvalue weighted by atomic mass is 10.1. The monoisotopic (exact) mass is 293 g/mol. The summed E-state index contributed by atoms with van der Waals surface area (Å²) in [4.78, 5) is 16.3. The number of rotatable bonds is 2. The number of halogens is 1. The van der Waals surface area contributed by atoms with Crippen LogP contribution in [0.4, 0.5) is 5.82 Å². The largest absolute Gasteiger partial charge is 0.312 e. The Labute approximate surface area is 122 Å². The first kappa shape index (κ1) is 14.5. The molecule has 6 nitrogen and oxygen atoms in total. The molecule has 0 radical (unpaired) electrons. The summed E-state index contributed by atoms with van der Waals surface area (Å²) < 4.78 is 0. The van der Waals surface area contributed by atoms with E-state index < -0.39 is 0 Å². The smallest absolute Gasteiger partial charge is 0.277 e. The summed E-state index contributed by atoms with van der Waals surface area (Å²) in [6.07, 6.45) is 2.55. The van der Waals surface area contributed by atoms with Gasteiger partial charge in [-0.3, -0.25) is 9.89 Å². The number of pyridine rings is 1. The third kappa shape index (κ3) is 2.81. The zero-order valence-corrected chi connectivity index (χ0v) is 11.9. The molecule has 2 aromatic heterocycles. The van der Waals surface area contributed by atoms with Crippen LogP contribution in [0.1, 0.15) is 27.3 Å². The number of amides is 1. The van der Waals surface area contributed by atoms with Crippen LogP contribution in [0.25, 0.3) is 0 Å². The van der Waals surface area contributed by atoms with Crippen LogP contribution < -0.4 is 10.6 Å². The second-order valence-electron chi connectivity index (χ2n) is 4.63. The molecule has 0 aromatic carbocycles. The summed E-state index contributed by atoms with van der Waals surface area (Å²) in [6, 6.07) is 3.71. The van der Waals surface area contributed by atoms with E-state index in [9.17, 15) is 4.79 Å². The molecule has 0 unspecified atom stereocenters. The number of nitrogens with one attached hydrogen (secondary N) is 3. The van der Waals surface area contributed by atoms with Gasteiger partial charge in [-0.05, 0) is 24.6 Å². The Bertz CT molecular complexity index is 625. The SMILES string of the molecule is Cc1ccnc(NC(=O)c2n[nH]c3c2CNCC3)c1.Cl. The highest BCUT2D eigenvalue weighted by Crippen LogP contribution is 2.16. The van der Waals surface area contributed by atoms with E-state index in [0.29, 0.717) is 18.1 Å². The zero-order valence-electron chi connectivity index (χ0n) is 11.1. The van der Waals surface area contributed by atoms with Gasteiger partial charge in [-0.15, -0.1) is 12.4 Å². The number of hydrogen-bond donors (Lipinski definition) is 3. The summed E-state index contributed by atoms with van der Waals surface area (Å²) in [6.45, 7) is 3.54. The fraction of sp³-hybridized carbons (Fsp3) is 0.308. The lowest BCUT2D eigenvalue weighted by Gasteiger charge is -2.12. The first-order valence-electron chi connectivity index (χ1n) is 6.25. The van der Waals surface area contributed by atoms with Crippen molar-refractivity contribution in [2.24, 2.45) is 0 Å². The van der Waals surface area contributed by atoms with E-state index >= 15 is 0 Å². The molecule has 3 N–H and O–H groups in total. The molecule has 0 saturated carbocycles. The van der Waals surface area contributed by atoms with E-state index in [-0.39, 0.29) is 18.3 Å². The topological polar surface area (TPSA) is 82.7 Å². The van der Waals surface area contributed by atoms with E-state index in [1.807, 2.05) is 19.1 Å². The summed E-state index contributed by atoms with van der Waals surface area (Å²) in [5.41, 5.74) is 3.50. The van der Waals surface area contributed by atoms with Crippen molar-refractivity contribution in [3.8, 4) is 0 Å². The Balaban J connectivity index is 0.00000147. The van der Waals surface area contributed by atoms with Crippen LogP contribution in [-0.4, -0.2) is 27.6 Å². The molecule has 7 heteroatoms. The third-order valence-electron chi connectivity index (χ3n) is 3.18. The average molecular weight is 294 g/mol. The molecule has 1 aliphatic rings. The molecule has 0 aliphatic carbocycles. The number of nitrogens with zero attached hydrogens (tertiary/aromatic N) is 2. The first-order valence-corrected chi connectivity index (χ1v) is 6.25. The lowest BCUT2D eigenvalue weighted by Crippen LogP contribution is -2.25. The molecule has 0 saturated heterocycles. The Morgan fingerprint density at radius 1 is 1.45 bits per heavy atom. The number of fused-ring (bicyclic) bond motifs is 1. The maximum Gasteiger partial charge on any atom is 0.277 e. The molecule has 3 rings (SSSR count). The first-order chi connectivity index (χ1) is 9.24. The van der Waals surface area contributed by atoms with E-state index in [4.69, 9.17) is 0 Å². The quantitative estimate of drug-likeness (QED) is 0.782. The van der Waals surface area contributed by atoms with Crippen LogP contribution in [0, 0.1) is 6.92 Å². The van der Waals surface area contributed by atoms with Crippen LogP contribution in [-0.2, 0) is 13.0 Å². The predicted octanol–water partition coefficient (Wildman–Crippen LogP) is 1.43. The molecule has 2 aromatic rings. The summed E-state index contributed by atoms with van der Waals surface area (Å²) in [5, 5.41) is 13.1. The minimum absolute atomic E-state index is 0. The Kier molecular flexibility index (Phi) is 4.36. The molecular formula is C13H16ClN5O. The van der Waals surface area contributed by atoms with Crippen molar-refractivity contribution >= 4 is 24.1 Å². The summed E-state index contributed by atoms with van der Waals surface area (Å²) >= 11 is 0. The summed E-state index contributed by atoms with van der Waals surface area (Å²) in [5.74, 6) is 0.324. The normalized spacial score (nSPS) is 13.2. The van der Waals surface area contributed by atoms with Crippen molar-refractivity contribution in [1.82, 2.24) is 20.5 Å². The molecule has 0 bridgehead atoms. The van der Waals surface area contributed by atoms with Crippen LogP contribution in [0.5, 0.6) is 0 Å².